The number of ether oxygens (including phenoxy) is 1. The van der Waals surface area contributed by atoms with E-state index in [4.69, 9.17) is 16.3 Å². The fourth-order valence-electron chi connectivity index (χ4n) is 1.38. The summed E-state index contributed by atoms with van der Waals surface area (Å²) in [6, 6.07) is 10.8. The van der Waals surface area contributed by atoms with E-state index in [-0.39, 0.29) is 12.2 Å². The topological polar surface area (TPSA) is 9.23 Å². The van der Waals surface area contributed by atoms with Crippen LogP contribution in [0.2, 0.25) is 5.02 Å². The molecule has 88 valence electrons. The highest BCUT2D eigenvalue weighted by Gasteiger charge is 2.08. The van der Waals surface area contributed by atoms with Gasteiger partial charge in [0.2, 0.25) is 0 Å². The van der Waals surface area contributed by atoms with E-state index in [1.54, 1.807) is 24.3 Å². The second kappa shape index (κ2) is 5.15. The van der Waals surface area contributed by atoms with Crippen LogP contribution in [0.3, 0.4) is 0 Å². The molecule has 0 bridgehead atoms. The zero-order valence-electron chi connectivity index (χ0n) is 8.79. The third kappa shape index (κ3) is 2.74. The largest absolute Gasteiger partial charge is 0.487 e. The zero-order chi connectivity index (χ0) is 12.3. The molecule has 0 aliphatic rings. The van der Waals surface area contributed by atoms with Gasteiger partial charge in [-0.1, -0.05) is 35.9 Å². The van der Waals surface area contributed by atoms with E-state index >= 15 is 0 Å². The van der Waals surface area contributed by atoms with Crippen molar-refractivity contribution in [2.75, 3.05) is 0 Å². The van der Waals surface area contributed by atoms with Crippen molar-refractivity contribution in [3.8, 4) is 5.75 Å². The summed E-state index contributed by atoms with van der Waals surface area (Å²) in [5, 5.41) is 0.435. The maximum atomic E-state index is 13.3. The van der Waals surface area contributed by atoms with E-state index in [0.717, 1.165) is 6.07 Å². The van der Waals surface area contributed by atoms with Crippen LogP contribution in [0.4, 0.5) is 8.78 Å². The number of para-hydroxylation sites is 1. The van der Waals surface area contributed by atoms with Crippen molar-refractivity contribution in [1.29, 1.82) is 0 Å². The molecule has 0 unspecified atom stereocenters. The molecule has 1 nitrogen and oxygen atoms in total. The van der Waals surface area contributed by atoms with Gasteiger partial charge in [0.1, 0.15) is 12.4 Å². The predicted molar refractivity (Wildman–Crippen MR) is 62.1 cm³/mol. The van der Waals surface area contributed by atoms with Crippen LogP contribution in [0.1, 0.15) is 5.56 Å². The van der Waals surface area contributed by atoms with Gasteiger partial charge >= 0.3 is 0 Å². The van der Waals surface area contributed by atoms with Crippen LogP contribution >= 0.6 is 11.6 Å². The minimum Gasteiger partial charge on any atom is -0.487 e. The van der Waals surface area contributed by atoms with Crippen molar-refractivity contribution in [2.24, 2.45) is 0 Å². The van der Waals surface area contributed by atoms with E-state index < -0.39 is 11.6 Å². The number of benzene rings is 2. The number of rotatable bonds is 3. The van der Waals surface area contributed by atoms with Crippen molar-refractivity contribution < 1.29 is 13.5 Å². The molecular formula is C13H9ClF2O. The number of halogens is 3. The van der Waals surface area contributed by atoms with E-state index in [9.17, 15) is 8.78 Å². The molecule has 0 heterocycles. The maximum absolute atomic E-state index is 13.3. The first kappa shape index (κ1) is 11.9. The van der Waals surface area contributed by atoms with E-state index in [1.807, 2.05) is 0 Å². The van der Waals surface area contributed by atoms with Gasteiger partial charge in [-0.15, -0.1) is 0 Å². The third-order valence-electron chi connectivity index (χ3n) is 2.25. The van der Waals surface area contributed by atoms with Gasteiger partial charge in [0.25, 0.3) is 0 Å². The summed E-state index contributed by atoms with van der Waals surface area (Å²) >= 11 is 5.87. The normalized spacial score (nSPS) is 10.3. The lowest BCUT2D eigenvalue weighted by Gasteiger charge is -2.08. The Morgan fingerprint density at radius 2 is 1.76 bits per heavy atom. The Labute approximate surface area is 103 Å². The van der Waals surface area contributed by atoms with Crippen LogP contribution in [0.25, 0.3) is 0 Å². The van der Waals surface area contributed by atoms with Crippen LogP contribution in [-0.4, -0.2) is 0 Å². The molecule has 0 aromatic heterocycles. The fourth-order valence-corrected chi connectivity index (χ4v) is 1.57. The highest BCUT2D eigenvalue weighted by Crippen LogP contribution is 2.24. The lowest BCUT2D eigenvalue weighted by molar-refractivity contribution is 0.297. The minimum atomic E-state index is -0.889. The standard InChI is InChI=1S/C13H9ClF2O/c14-10-5-1-2-7-12(10)17-8-9-4-3-6-11(15)13(9)16/h1-7H,8H2. The Bertz CT molecular complexity index is 529. The molecule has 2 aromatic carbocycles. The highest BCUT2D eigenvalue weighted by molar-refractivity contribution is 6.32. The summed E-state index contributed by atoms with van der Waals surface area (Å²) in [4.78, 5) is 0. The Hall–Kier alpha value is -1.61. The molecule has 0 atom stereocenters. The smallest absolute Gasteiger partial charge is 0.165 e. The van der Waals surface area contributed by atoms with Gasteiger partial charge in [0.15, 0.2) is 11.6 Å². The van der Waals surface area contributed by atoms with E-state index in [1.165, 1.54) is 12.1 Å². The Morgan fingerprint density at radius 1 is 1.00 bits per heavy atom. The van der Waals surface area contributed by atoms with E-state index in [2.05, 4.69) is 0 Å². The molecular weight excluding hydrogens is 246 g/mol. The first-order chi connectivity index (χ1) is 8.18. The van der Waals surface area contributed by atoms with Crippen LogP contribution in [0.15, 0.2) is 42.5 Å². The first-order valence-corrected chi connectivity index (χ1v) is 5.36. The summed E-state index contributed by atoms with van der Waals surface area (Å²) < 4.78 is 31.6. The lowest BCUT2D eigenvalue weighted by Crippen LogP contribution is -2.00. The molecule has 0 spiro atoms. The molecule has 0 N–H and O–H groups in total. The Balaban J connectivity index is 2.13. The number of hydrogen-bond acceptors (Lipinski definition) is 1. The average Bonchev–Trinajstić information content (AvgIpc) is 2.33. The first-order valence-electron chi connectivity index (χ1n) is 4.98. The Kier molecular flexibility index (Phi) is 3.59. The van der Waals surface area contributed by atoms with Gasteiger partial charge in [-0.3, -0.25) is 0 Å². The average molecular weight is 255 g/mol. The Morgan fingerprint density at radius 3 is 2.53 bits per heavy atom. The lowest BCUT2D eigenvalue weighted by atomic mass is 10.2. The molecule has 0 aliphatic heterocycles. The molecule has 17 heavy (non-hydrogen) atoms. The molecule has 0 aliphatic carbocycles. The highest BCUT2D eigenvalue weighted by atomic mass is 35.5. The predicted octanol–water partition coefficient (Wildman–Crippen LogP) is 4.20. The molecule has 0 saturated carbocycles. The van der Waals surface area contributed by atoms with Gasteiger partial charge in [-0.05, 0) is 18.2 Å². The summed E-state index contributed by atoms with van der Waals surface area (Å²) in [6.45, 7) is -0.0622. The molecule has 0 fully saturated rings. The van der Waals surface area contributed by atoms with Crippen molar-refractivity contribution in [1.82, 2.24) is 0 Å². The fraction of sp³-hybridized carbons (Fsp3) is 0.0769. The summed E-state index contributed by atoms with van der Waals surface area (Å²) in [7, 11) is 0. The molecule has 2 rings (SSSR count). The molecule has 0 amide bonds. The maximum Gasteiger partial charge on any atom is 0.165 e. The van der Waals surface area contributed by atoms with Crippen LogP contribution < -0.4 is 4.74 Å². The van der Waals surface area contributed by atoms with Gasteiger partial charge in [-0.2, -0.15) is 0 Å². The molecule has 2 aromatic rings. The number of hydrogen-bond donors (Lipinski definition) is 0. The monoisotopic (exact) mass is 254 g/mol. The molecule has 0 radical (unpaired) electrons. The minimum absolute atomic E-state index is 0.0622. The summed E-state index contributed by atoms with van der Waals surface area (Å²) in [5.74, 6) is -1.33. The van der Waals surface area contributed by atoms with Crippen molar-refractivity contribution >= 4 is 11.6 Å². The van der Waals surface area contributed by atoms with E-state index in [0.29, 0.717) is 10.8 Å². The van der Waals surface area contributed by atoms with Crippen LogP contribution in [-0.2, 0) is 6.61 Å². The SMILES string of the molecule is Fc1cccc(COc2ccccc2Cl)c1F. The zero-order valence-corrected chi connectivity index (χ0v) is 9.55. The second-order valence-corrected chi connectivity index (χ2v) is 3.84. The molecule has 4 heteroatoms. The molecule has 0 saturated heterocycles. The van der Waals surface area contributed by atoms with Crippen molar-refractivity contribution in [3.63, 3.8) is 0 Å². The van der Waals surface area contributed by atoms with Gasteiger partial charge < -0.3 is 4.74 Å². The van der Waals surface area contributed by atoms with Crippen LogP contribution in [0, 0.1) is 11.6 Å². The van der Waals surface area contributed by atoms with Crippen molar-refractivity contribution in [3.05, 3.63) is 64.7 Å². The van der Waals surface area contributed by atoms with Gasteiger partial charge in [0, 0.05) is 5.56 Å². The van der Waals surface area contributed by atoms with Gasteiger partial charge in [-0.25, -0.2) is 8.78 Å². The van der Waals surface area contributed by atoms with Crippen molar-refractivity contribution in [2.45, 2.75) is 6.61 Å². The quantitative estimate of drug-likeness (QED) is 0.798. The summed E-state index contributed by atoms with van der Waals surface area (Å²) in [5.41, 5.74) is 0.157. The van der Waals surface area contributed by atoms with Crippen LogP contribution in [0.5, 0.6) is 5.75 Å². The summed E-state index contributed by atoms with van der Waals surface area (Å²) in [6.07, 6.45) is 0. The second-order valence-electron chi connectivity index (χ2n) is 3.43. The third-order valence-corrected chi connectivity index (χ3v) is 2.56. The van der Waals surface area contributed by atoms with Gasteiger partial charge in [0.05, 0.1) is 5.02 Å².